The topological polar surface area (TPSA) is 188 Å². The highest BCUT2D eigenvalue weighted by Gasteiger charge is 2.60. The fourth-order valence-electron chi connectivity index (χ4n) is 11.3. The fraction of sp³-hybridized carbons (Fsp3) is 0.800. The first-order valence-electron chi connectivity index (χ1n) is 24.3. The van der Waals surface area contributed by atoms with E-state index >= 15 is 0 Å². The van der Waals surface area contributed by atoms with E-state index in [1.54, 1.807) is 33.3 Å². The summed E-state index contributed by atoms with van der Waals surface area (Å²) in [5.41, 5.74) is 0.146. The van der Waals surface area contributed by atoms with Gasteiger partial charge < -0.3 is 67.6 Å². The van der Waals surface area contributed by atoms with Crippen LogP contribution in [-0.4, -0.2) is 147 Å². The molecular weight excluding hydrogens is 855 g/mol. The Morgan fingerprint density at radius 1 is 0.955 bits per heavy atom. The van der Waals surface area contributed by atoms with Crippen molar-refractivity contribution in [2.45, 2.75) is 204 Å². The summed E-state index contributed by atoms with van der Waals surface area (Å²) >= 11 is 0. The van der Waals surface area contributed by atoms with E-state index in [0.29, 0.717) is 61.5 Å². The number of hydrogen-bond acceptors (Lipinski definition) is 15. The fourth-order valence-corrected chi connectivity index (χ4v) is 11.3. The highest BCUT2D eigenvalue weighted by atomic mass is 16.7. The van der Waals surface area contributed by atoms with Gasteiger partial charge in [-0.2, -0.15) is 0 Å². The first-order valence-corrected chi connectivity index (χ1v) is 24.3. The van der Waals surface area contributed by atoms with Gasteiger partial charge in [-0.1, -0.05) is 64.5 Å². The van der Waals surface area contributed by atoms with Gasteiger partial charge >= 0.3 is 12.1 Å². The number of ether oxygens (including phenoxy) is 11. The highest BCUT2D eigenvalue weighted by Crippen LogP contribution is 2.48. The van der Waals surface area contributed by atoms with Crippen LogP contribution < -0.4 is 5.32 Å². The number of alkyl carbamates (subject to hydrolysis) is 1. The molecule has 0 saturated carbocycles. The number of esters is 1. The predicted molar refractivity (Wildman–Crippen MR) is 241 cm³/mol. The Hall–Kier alpha value is -2.74. The van der Waals surface area contributed by atoms with Crippen molar-refractivity contribution in [3.8, 4) is 0 Å². The van der Waals surface area contributed by atoms with Gasteiger partial charge in [-0.05, 0) is 69.1 Å². The molecule has 0 unspecified atom stereocenters. The zero-order chi connectivity index (χ0) is 47.7. The number of methoxy groups -OCH3 is 2. The van der Waals surface area contributed by atoms with Crippen LogP contribution in [0.1, 0.15) is 107 Å². The molecule has 1 amide bonds. The van der Waals surface area contributed by atoms with E-state index in [2.05, 4.69) is 39.1 Å². The molecule has 16 nitrogen and oxygen atoms in total. The second kappa shape index (κ2) is 21.5. The first-order chi connectivity index (χ1) is 31.4. The number of aliphatic hydroxyl groups excluding tert-OH is 1. The molecule has 66 heavy (non-hydrogen) atoms. The lowest BCUT2D eigenvalue weighted by Gasteiger charge is -2.51. The molecule has 3 N–H and O–H groups in total. The summed E-state index contributed by atoms with van der Waals surface area (Å²) < 4.78 is 70.1. The van der Waals surface area contributed by atoms with Crippen LogP contribution in [0.2, 0.25) is 0 Å². The van der Waals surface area contributed by atoms with Gasteiger partial charge in [0.25, 0.3) is 0 Å². The van der Waals surface area contributed by atoms with Crippen LogP contribution in [-0.2, 0) is 56.9 Å². The maximum Gasteiger partial charge on any atom is 0.407 e. The van der Waals surface area contributed by atoms with Gasteiger partial charge in [0.2, 0.25) is 0 Å². The van der Waals surface area contributed by atoms with Crippen LogP contribution in [0.5, 0.6) is 0 Å². The minimum absolute atomic E-state index is 0.0170. The number of aliphatic hydroxyl groups is 2. The van der Waals surface area contributed by atoms with Crippen LogP contribution in [0.15, 0.2) is 47.1 Å². The molecule has 2 bridgehead atoms. The Balaban J connectivity index is 1.15. The summed E-state index contributed by atoms with van der Waals surface area (Å²) in [5.74, 6) is -2.17. The summed E-state index contributed by atoms with van der Waals surface area (Å²) in [6, 6.07) is 0. The average Bonchev–Trinajstić information content (AvgIpc) is 3.63. The Labute approximate surface area is 391 Å². The molecule has 372 valence electrons. The van der Waals surface area contributed by atoms with Gasteiger partial charge in [0, 0.05) is 59.3 Å². The van der Waals surface area contributed by atoms with Crippen LogP contribution >= 0.6 is 0 Å². The van der Waals surface area contributed by atoms with Gasteiger partial charge in [0.05, 0.1) is 43.2 Å². The van der Waals surface area contributed by atoms with Gasteiger partial charge in [-0.3, -0.25) is 4.79 Å². The predicted octanol–water partition coefficient (Wildman–Crippen LogP) is 5.97. The van der Waals surface area contributed by atoms with Crippen molar-refractivity contribution in [1.82, 2.24) is 5.32 Å². The summed E-state index contributed by atoms with van der Waals surface area (Å²) in [6.07, 6.45) is 5.58. The molecule has 6 heterocycles. The molecule has 5 saturated heterocycles. The largest absolute Gasteiger partial charge is 0.462 e. The van der Waals surface area contributed by atoms with Gasteiger partial charge in [0.1, 0.15) is 42.0 Å². The molecule has 0 aromatic heterocycles. The monoisotopic (exact) mass is 932 g/mol. The van der Waals surface area contributed by atoms with Crippen LogP contribution in [0, 0.1) is 23.7 Å². The third-order valence-corrected chi connectivity index (χ3v) is 15.3. The van der Waals surface area contributed by atoms with E-state index in [9.17, 15) is 19.8 Å². The van der Waals surface area contributed by atoms with Crippen molar-refractivity contribution < 1.29 is 71.9 Å². The smallest absolute Gasteiger partial charge is 0.407 e. The number of amides is 1. The van der Waals surface area contributed by atoms with Crippen molar-refractivity contribution in [3.63, 3.8) is 0 Å². The SMILES string of the molecule is CC[C@H](C)[C@H]1O[C@]2(CC[C@@H]1C)C[C@@H]1C[C@@H](C/C=C(\C)[C@@H](O[C@H]3C[C@H](OC)[C@@H](O[C@H]4C[C@H](OC)[C@@H](OC(=O)NC)[C@H](C)O4)[C@H](C)O3)[C@@H](C)/C=C/C=C3\CO[C@@H]4[C@H](O)C(C)=C[C@@H](C(=O)O1)[C@]34O)O2. The normalized spacial score (nSPS) is 47.0. The molecule has 20 atom stereocenters. The number of fused-ring (bicyclic) bond motifs is 2. The van der Waals surface area contributed by atoms with E-state index < -0.39 is 103 Å². The first kappa shape index (κ1) is 51.1. The number of carbonyl (C=O) groups is 2. The minimum Gasteiger partial charge on any atom is -0.462 e. The van der Waals surface area contributed by atoms with Gasteiger partial charge in [-0.15, -0.1) is 0 Å². The van der Waals surface area contributed by atoms with Gasteiger partial charge in [0.15, 0.2) is 24.5 Å². The van der Waals surface area contributed by atoms with E-state index in [-0.39, 0.29) is 24.7 Å². The molecule has 16 heteroatoms. The standard InChI is InChI=1S/C50H77NO15/c1-12-26(2)43-29(5)18-19-49(66-43)24-35-21-34(65-49)17-16-28(4)42(27(3)14-13-15-33-25-58-46-41(52)30(6)20-36(47(53)61-35)50(33,46)55)62-39-22-37(56-10)44(31(7)59-39)63-40-23-38(57-11)45(32(8)60-40)64-48(54)51-9/h13-16,20,26-27,29,31-32,34-46,52,55H,12,17-19,21-25H2,1-11H3,(H,51,54)/b14-13+,28-16+,33-15+/t26-,27-,29-,31-,32-,34+,35-,36-,37-,38-,39-,40-,41+,42-,43+,44-,45-,46+,49+,50+/m0/s1. The lowest BCUT2D eigenvalue weighted by atomic mass is 9.71. The van der Waals surface area contributed by atoms with E-state index in [4.69, 9.17) is 52.1 Å². The Morgan fingerprint density at radius 3 is 2.32 bits per heavy atom. The molecule has 1 aliphatic carbocycles. The third kappa shape index (κ3) is 10.7. The van der Waals surface area contributed by atoms with Crippen LogP contribution in [0.3, 0.4) is 0 Å². The zero-order valence-corrected chi connectivity index (χ0v) is 40.8. The van der Waals surface area contributed by atoms with E-state index in [1.165, 1.54) is 7.05 Å². The third-order valence-electron chi connectivity index (χ3n) is 15.3. The number of rotatable bonds is 9. The number of carbonyl (C=O) groups excluding carboxylic acids is 2. The van der Waals surface area contributed by atoms with Crippen molar-refractivity contribution in [1.29, 1.82) is 0 Å². The lowest BCUT2D eigenvalue weighted by Crippen LogP contribution is -2.58. The molecule has 6 aliphatic heterocycles. The number of hydrogen-bond donors (Lipinski definition) is 3. The molecule has 7 aliphatic rings. The Kier molecular flexibility index (Phi) is 16.6. The van der Waals surface area contributed by atoms with Crippen molar-refractivity contribution in [2.24, 2.45) is 23.7 Å². The average molecular weight is 932 g/mol. The van der Waals surface area contributed by atoms with Gasteiger partial charge in [-0.25, -0.2) is 4.79 Å². The van der Waals surface area contributed by atoms with E-state index in [1.807, 2.05) is 32.9 Å². The minimum atomic E-state index is -1.83. The maximum atomic E-state index is 14.4. The lowest BCUT2D eigenvalue weighted by molar-refractivity contribution is -0.340. The molecule has 7 rings (SSSR count). The Morgan fingerprint density at radius 2 is 1.64 bits per heavy atom. The van der Waals surface area contributed by atoms with Crippen molar-refractivity contribution >= 4 is 12.1 Å². The second-order valence-electron chi connectivity index (χ2n) is 20.0. The maximum absolute atomic E-state index is 14.4. The molecule has 0 radical (unpaired) electrons. The quantitative estimate of drug-likeness (QED) is 0.181. The summed E-state index contributed by atoms with van der Waals surface area (Å²) in [5, 5.41) is 26.3. The highest BCUT2D eigenvalue weighted by molar-refractivity contribution is 5.78. The zero-order valence-electron chi connectivity index (χ0n) is 40.8. The van der Waals surface area contributed by atoms with E-state index in [0.717, 1.165) is 18.4 Å². The number of nitrogens with one attached hydrogen (secondary N) is 1. The molecule has 1 spiro atoms. The van der Waals surface area contributed by atoms with Crippen molar-refractivity contribution in [3.05, 3.63) is 47.1 Å². The number of allylic oxidation sites excluding steroid dienone is 2. The molecular formula is C50H77NO15. The van der Waals surface area contributed by atoms with Crippen LogP contribution in [0.4, 0.5) is 4.79 Å². The molecule has 0 aromatic rings. The Bertz CT molecular complexity index is 1820. The summed E-state index contributed by atoms with van der Waals surface area (Å²) in [7, 11) is 4.71. The summed E-state index contributed by atoms with van der Waals surface area (Å²) in [4.78, 5) is 26.5. The van der Waals surface area contributed by atoms with Crippen molar-refractivity contribution in [2.75, 3.05) is 27.9 Å². The molecule has 5 fully saturated rings. The van der Waals surface area contributed by atoms with Crippen LogP contribution in [0.25, 0.3) is 0 Å². The molecule has 0 aromatic carbocycles. The summed E-state index contributed by atoms with van der Waals surface area (Å²) in [6.45, 7) is 16.2. The second-order valence-corrected chi connectivity index (χ2v) is 20.0.